The quantitative estimate of drug-likeness (QED) is 0.891. The van der Waals surface area contributed by atoms with Gasteiger partial charge in [-0.3, -0.25) is 9.59 Å². The molecule has 2 aromatic carbocycles. The normalized spacial score (nSPS) is 10.5. The van der Waals surface area contributed by atoms with Crippen LogP contribution in [0.1, 0.15) is 35.3 Å². The molecule has 0 bridgehead atoms. The van der Waals surface area contributed by atoms with E-state index in [9.17, 15) is 9.59 Å². The lowest BCUT2D eigenvalue weighted by atomic mass is 10.1. The Morgan fingerprint density at radius 1 is 0.957 bits per heavy atom. The fourth-order valence-electron chi connectivity index (χ4n) is 2.17. The Balaban J connectivity index is 2.15. The molecular formula is C19H22N2O2. The monoisotopic (exact) mass is 310 g/mol. The van der Waals surface area contributed by atoms with E-state index in [4.69, 9.17) is 0 Å². The summed E-state index contributed by atoms with van der Waals surface area (Å²) in [6, 6.07) is 12.8. The average molecular weight is 310 g/mol. The smallest absolute Gasteiger partial charge is 0.255 e. The summed E-state index contributed by atoms with van der Waals surface area (Å²) in [5.41, 5.74) is 4.09. The van der Waals surface area contributed by atoms with Gasteiger partial charge in [0.15, 0.2) is 0 Å². The van der Waals surface area contributed by atoms with Crippen LogP contribution in [-0.2, 0) is 4.79 Å². The summed E-state index contributed by atoms with van der Waals surface area (Å²) in [6.45, 7) is 7.62. The van der Waals surface area contributed by atoms with Crippen LogP contribution < -0.4 is 10.6 Å². The molecule has 2 amide bonds. The minimum atomic E-state index is -0.197. The number of anilines is 2. The Bertz CT molecular complexity index is 736. The van der Waals surface area contributed by atoms with Crippen LogP contribution >= 0.6 is 0 Å². The molecule has 0 radical (unpaired) electrons. The Labute approximate surface area is 136 Å². The van der Waals surface area contributed by atoms with Crippen LogP contribution in [0.15, 0.2) is 42.5 Å². The highest BCUT2D eigenvalue weighted by Crippen LogP contribution is 2.18. The van der Waals surface area contributed by atoms with Gasteiger partial charge in [-0.1, -0.05) is 37.6 Å². The minimum Gasteiger partial charge on any atom is -0.326 e. The molecule has 4 nitrogen and oxygen atoms in total. The summed E-state index contributed by atoms with van der Waals surface area (Å²) in [5.74, 6) is -0.378. The first-order valence-corrected chi connectivity index (χ1v) is 7.66. The van der Waals surface area contributed by atoms with Gasteiger partial charge in [0.25, 0.3) is 5.91 Å². The summed E-state index contributed by atoms with van der Waals surface area (Å²) in [6.07, 6.45) is 0. The van der Waals surface area contributed by atoms with E-state index in [0.29, 0.717) is 11.3 Å². The second-order valence-corrected chi connectivity index (χ2v) is 6.00. The third-order valence-electron chi connectivity index (χ3n) is 3.55. The van der Waals surface area contributed by atoms with Crippen LogP contribution in [0.25, 0.3) is 0 Å². The lowest BCUT2D eigenvalue weighted by Gasteiger charge is -2.11. The summed E-state index contributed by atoms with van der Waals surface area (Å²) in [7, 11) is 0. The predicted molar refractivity (Wildman–Crippen MR) is 93.8 cm³/mol. The van der Waals surface area contributed by atoms with Crippen molar-refractivity contribution < 1.29 is 9.59 Å². The van der Waals surface area contributed by atoms with Crippen LogP contribution in [-0.4, -0.2) is 11.8 Å². The Morgan fingerprint density at radius 3 is 2.35 bits per heavy atom. The van der Waals surface area contributed by atoms with E-state index in [2.05, 4.69) is 10.6 Å². The van der Waals surface area contributed by atoms with Gasteiger partial charge in [0.05, 0.1) is 0 Å². The van der Waals surface area contributed by atoms with Crippen LogP contribution in [0.5, 0.6) is 0 Å². The molecule has 2 rings (SSSR count). The van der Waals surface area contributed by atoms with Crippen LogP contribution in [0.3, 0.4) is 0 Å². The van der Waals surface area contributed by atoms with E-state index in [1.807, 2.05) is 45.9 Å². The number of carbonyl (C=O) groups excluding carboxylic acids is 2. The maximum absolute atomic E-state index is 12.4. The molecule has 0 aliphatic rings. The van der Waals surface area contributed by atoms with Crippen molar-refractivity contribution >= 4 is 23.2 Å². The largest absolute Gasteiger partial charge is 0.326 e. The molecule has 2 aromatic rings. The first kappa shape index (κ1) is 16.7. The number of hydrogen-bond acceptors (Lipinski definition) is 2. The van der Waals surface area contributed by atoms with Gasteiger partial charge in [0.1, 0.15) is 0 Å². The number of carbonyl (C=O) groups is 2. The second kappa shape index (κ2) is 7.09. The van der Waals surface area contributed by atoms with Gasteiger partial charge < -0.3 is 10.6 Å². The molecule has 120 valence electrons. The average Bonchev–Trinajstić information content (AvgIpc) is 2.50. The zero-order valence-electron chi connectivity index (χ0n) is 13.9. The zero-order chi connectivity index (χ0) is 17.0. The first-order chi connectivity index (χ1) is 10.9. The molecule has 4 heteroatoms. The van der Waals surface area contributed by atoms with E-state index < -0.39 is 0 Å². The molecule has 0 aliphatic heterocycles. The molecule has 0 aromatic heterocycles. The summed E-state index contributed by atoms with van der Waals surface area (Å²) >= 11 is 0. The maximum Gasteiger partial charge on any atom is 0.255 e. The Kier molecular flexibility index (Phi) is 5.16. The third kappa shape index (κ3) is 4.42. The number of amides is 2. The summed E-state index contributed by atoms with van der Waals surface area (Å²) in [5, 5.41) is 5.71. The molecule has 0 fully saturated rings. The SMILES string of the molecule is Cc1ccc(NC(=O)c2cccc(NC(=O)C(C)C)c2)c(C)c1. The highest BCUT2D eigenvalue weighted by atomic mass is 16.2. The standard InChI is InChI=1S/C19H22N2O2/c1-12(2)18(22)20-16-7-5-6-15(11-16)19(23)21-17-9-8-13(3)10-14(17)4/h5-12H,1-4H3,(H,20,22)(H,21,23). The number of aryl methyl sites for hydroxylation is 2. The van der Waals surface area contributed by atoms with E-state index in [1.165, 1.54) is 0 Å². The first-order valence-electron chi connectivity index (χ1n) is 7.66. The maximum atomic E-state index is 12.4. The molecule has 23 heavy (non-hydrogen) atoms. The van der Waals surface area contributed by atoms with Gasteiger partial charge in [0.2, 0.25) is 5.91 Å². The number of hydrogen-bond donors (Lipinski definition) is 2. The Hall–Kier alpha value is -2.62. The second-order valence-electron chi connectivity index (χ2n) is 6.00. The van der Waals surface area contributed by atoms with Gasteiger partial charge in [-0.05, 0) is 43.7 Å². The molecule has 0 saturated carbocycles. The fraction of sp³-hybridized carbons (Fsp3) is 0.263. The highest BCUT2D eigenvalue weighted by molar-refractivity contribution is 6.05. The van der Waals surface area contributed by atoms with Gasteiger partial charge in [-0.2, -0.15) is 0 Å². The van der Waals surface area contributed by atoms with Crippen molar-refractivity contribution in [1.29, 1.82) is 0 Å². The van der Waals surface area contributed by atoms with Crippen molar-refractivity contribution in [2.75, 3.05) is 10.6 Å². The van der Waals surface area contributed by atoms with E-state index in [1.54, 1.807) is 24.3 Å². The molecular weight excluding hydrogens is 288 g/mol. The van der Waals surface area contributed by atoms with E-state index in [-0.39, 0.29) is 17.7 Å². The summed E-state index contributed by atoms with van der Waals surface area (Å²) < 4.78 is 0. The van der Waals surface area contributed by atoms with Crippen LogP contribution in [0.4, 0.5) is 11.4 Å². The van der Waals surface area contributed by atoms with Gasteiger partial charge in [-0.25, -0.2) is 0 Å². The van der Waals surface area contributed by atoms with Crippen LogP contribution in [0, 0.1) is 19.8 Å². The lowest BCUT2D eigenvalue weighted by molar-refractivity contribution is -0.118. The van der Waals surface area contributed by atoms with Crippen molar-refractivity contribution in [3.63, 3.8) is 0 Å². The van der Waals surface area contributed by atoms with E-state index >= 15 is 0 Å². The number of nitrogens with one attached hydrogen (secondary N) is 2. The minimum absolute atomic E-state index is 0.0723. The van der Waals surface area contributed by atoms with Crippen molar-refractivity contribution in [1.82, 2.24) is 0 Å². The van der Waals surface area contributed by atoms with Gasteiger partial charge >= 0.3 is 0 Å². The molecule has 0 spiro atoms. The molecule has 0 saturated heterocycles. The number of rotatable bonds is 4. The van der Waals surface area contributed by atoms with E-state index in [0.717, 1.165) is 16.8 Å². The third-order valence-corrected chi connectivity index (χ3v) is 3.55. The predicted octanol–water partition coefficient (Wildman–Crippen LogP) is 4.15. The van der Waals surface area contributed by atoms with Crippen molar-refractivity contribution in [2.45, 2.75) is 27.7 Å². The zero-order valence-corrected chi connectivity index (χ0v) is 13.9. The lowest BCUT2D eigenvalue weighted by Crippen LogP contribution is -2.18. The van der Waals surface area contributed by atoms with Crippen molar-refractivity contribution in [2.24, 2.45) is 5.92 Å². The van der Waals surface area contributed by atoms with Gasteiger partial charge in [0, 0.05) is 22.9 Å². The molecule has 0 aliphatic carbocycles. The van der Waals surface area contributed by atoms with Crippen molar-refractivity contribution in [3.05, 3.63) is 59.2 Å². The topological polar surface area (TPSA) is 58.2 Å². The molecule has 0 heterocycles. The van der Waals surface area contributed by atoms with Crippen molar-refractivity contribution in [3.8, 4) is 0 Å². The van der Waals surface area contributed by atoms with Gasteiger partial charge in [-0.15, -0.1) is 0 Å². The fourth-order valence-corrected chi connectivity index (χ4v) is 2.17. The Morgan fingerprint density at radius 2 is 1.70 bits per heavy atom. The molecule has 0 atom stereocenters. The summed E-state index contributed by atoms with van der Waals surface area (Å²) in [4.78, 5) is 24.1. The number of benzene rings is 2. The molecule has 0 unspecified atom stereocenters. The molecule has 2 N–H and O–H groups in total. The van der Waals surface area contributed by atoms with Crippen LogP contribution in [0.2, 0.25) is 0 Å². The highest BCUT2D eigenvalue weighted by Gasteiger charge is 2.11.